The van der Waals surface area contributed by atoms with Crippen LogP contribution in [-0.2, 0) is 4.79 Å². The quantitative estimate of drug-likeness (QED) is 0.753. The van der Waals surface area contributed by atoms with Gasteiger partial charge < -0.3 is 10.0 Å². The molecule has 0 aliphatic carbocycles. The summed E-state index contributed by atoms with van der Waals surface area (Å²) in [5.74, 6) is 0.382. The second-order valence-electron chi connectivity index (χ2n) is 4.28. The molecule has 3 nitrogen and oxygen atoms in total. The van der Waals surface area contributed by atoms with Crippen molar-refractivity contribution in [3.8, 4) is 0 Å². The molecule has 1 fully saturated rings. The minimum Gasteiger partial charge on any atom is -0.393 e. The Balaban J connectivity index is 2.40. The molecule has 2 atom stereocenters. The molecule has 1 rings (SSSR count). The normalized spacial score (nSPS) is 22.5. The first-order valence-electron chi connectivity index (χ1n) is 5.67. The van der Waals surface area contributed by atoms with Crippen molar-refractivity contribution < 1.29 is 9.90 Å². The lowest BCUT2D eigenvalue weighted by Gasteiger charge is -2.34. The number of carbonyl (C=O) groups is 1. The van der Waals surface area contributed by atoms with Crippen LogP contribution in [0.5, 0.6) is 0 Å². The van der Waals surface area contributed by atoms with Gasteiger partial charge in [0.25, 0.3) is 0 Å². The lowest BCUT2D eigenvalue weighted by Crippen LogP contribution is -2.43. The van der Waals surface area contributed by atoms with Gasteiger partial charge in [-0.2, -0.15) is 0 Å². The minimum absolute atomic E-state index is 0.0446. The van der Waals surface area contributed by atoms with E-state index in [0.29, 0.717) is 12.3 Å². The lowest BCUT2D eigenvalue weighted by atomic mass is 9.92. The van der Waals surface area contributed by atoms with E-state index in [2.05, 4.69) is 0 Å². The highest BCUT2D eigenvalue weighted by atomic mass is 35.5. The maximum absolute atomic E-state index is 11.7. The molecule has 1 aliphatic heterocycles. The fourth-order valence-corrected chi connectivity index (χ4v) is 2.11. The molecule has 1 aliphatic rings. The Morgan fingerprint density at radius 1 is 1.53 bits per heavy atom. The molecular formula is C11H20ClNO2. The van der Waals surface area contributed by atoms with Gasteiger partial charge in [-0.3, -0.25) is 4.79 Å². The summed E-state index contributed by atoms with van der Waals surface area (Å²) in [6.45, 7) is 5.20. The second-order valence-corrected chi connectivity index (χ2v) is 4.81. The van der Waals surface area contributed by atoms with Crippen molar-refractivity contribution in [2.45, 2.75) is 44.6 Å². The molecular weight excluding hydrogens is 214 g/mol. The Labute approximate surface area is 96.4 Å². The van der Waals surface area contributed by atoms with E-state index in [1.807, 2.05) is 18.7 Å². The predicted molar refractivity (Wildman–Crippen MR) is 60.9 cm³/mol. The van der Waals surface area contributed by atoms with Crippen LogP contribution in [-0.4, -0.2) is 40.5 Å². The zero-order chi connectivity index (χ0) is 11.4. The summed E-state index contributed by atoms with van der Waals surface area (Å²) in [5.41, 5.74) is 0. The predicted octanol–water partition coefficient (Wildman–Crippen LogP) is 1.62. The summed E-state index contributed by atoms with van der Waals surface area (Å²) >= 11 is 5.91. The van der Waals surface area contributed by atoms with Crippen LogP contribution in [0.3, 0.4) is 0 Å². The topological polar surface area (TPSA) is 40.5 Å². The molecule has 88 valence electrons. The summed E-state index contributed by atoms with van der Waals surface area (Å²) in [5, 5.41) is 9.05. The summed E-state index contributed by atoms with van der Waals surface area (Å²) in [6, 6.07) is 0. The highest BCUT2D eigenvalue weighted by Gasteiger charge is 2.27. The monoisotopic (exact) mass is 233 g/mol. The van der Waals surface area contributed by atoms with Crippen LogP contribution in [0.4, 0.5) is 0 Å². The summed E-state index contributed by atoms with van der Waals surface area (Å²) in [4.78, 5) is 13.6. The van der Waals surface area contributed by atoms with Gasteiger partial charge in [0, 0.05) is 13.1 Å². The van der Waals surface area contributed by atoms with Gasteiger partial charge in [-0.25, -0.2) is 0 Å². The number of rotatable bonds is 3. The molecule has 1 N–H and O–H groups in total. The molecule has 1 saturated heterocycles. The number of amides is 1. The van der Waals surface area contributed by atoms with Crippen LogP contribution in [0.2, 0.25) is 0 Å². The highest BCUT2D eigenvalue weighted by Crippen LogP contribution is 2.21. The van der Waals surface area contributed by atoms with E-state index < -0.39 is 0 Å². The fraction of sp³-hybridized carbons (Fsp3) is 0.909. The van der Waals surface area contributed by atoms with E-state index in [0.717, 1.165) is 25.9 Å². The van der Waals surface area contributed by atoms with Gasteiger partial charge >= 0.3 is 0 Å². The lowest BCUT2D eigenvalue weighted by molar-refractivity contribution is -0.132. The molecule has 0 spiro atoms. The number of likely N-dealkylation sites (tertiary alicyclic amines) is 1. The van der Waals surface area contributed by atoms with Crippen LogP contribution in [0.25, 0.3) is 0 Å². The third-order valence-electron chi connectivity index (χ3n) is 3.16. The van der Waals surface area contributed by atoms with E-state index in [-0.39, 0.29) is 17.4 Å². The first-order chi connectivity index (χ1) is 7.06. The van der Waals surface area contributed by atoms with Gasteiger partial charge in [-0.05, 0) is 32.1 Å². The molecule has 1 amide bonds. The Kier molecular flexibility index (Phi) is 4.87. The largest absolute Gasteiger partial charge is 0.393 e. The minimum atomic E-state index is -0.381. The van der Waals surface area contributed by atoms with E-state index in [4.69, 9.17) is 11.6 Å². The standard InChI is InChI=1S/C11H20ClNO2/c1-3-10(12)11(15)13-6-4-9(5-7-13)8(2)14/h8-10,14H,3-7H2,1-2H3/t8-,10+/m0/s1. The SMILES string of the molecule is CC[C@@H](Cl)C(=O)N1CCC([C@H](C)O)CC1. The van der Waals surface area contributed by atoms with Crippen molar-refractivity contribution in [3.05, 3.63) is 0 Å². The van der Waals surface area contributed by atoms with Crippen LogP contribution in [0, 0.1) is 5.92 Å². The van der Waals surface area contributed by atoms with Crippen LogP contribution < -0.4 is 0 Å². The number of aliphatic hydroxyl groups is 1. The first-order valence-corrected chi connectivity index (χ1v) is 6.10. The maximum Gasteiger partial charge on any atom is 0.240 e. The molecule has 15 heavy (non-hydrogen) atoms. The number of carbonyl (C=O) groups excluding carboxylic acids is 1. The van der Waals surface area contributed by atoms with Gasteiger partial charge in [0.2, 0.25) is 5.91 Å². The average molecular weight is 234 g/mol. The average Bonchev–Trinajstić information content (AvgIpc) is 2.27. The summed E-state index contributed by atoms with van der Waals surface area (Å²) in [6.07, 6.45) is 2.18. The molecule has 0 saturated carbocycles. The Bertz CT molecular complexity index is 213. The molecule has 1 heterocycles. The van der Waals surface area contributed by atoms with Crippen LogP contribution in [0.15, 0.2) is 0 Å². The third-order valence-corrected chi connectivity index (χ3v) is 3.66. The zero-order valence-electron chi connectivity index (χ0n) is 9.45. The number of piperidine rings is 1. The summed E-state index contributed by atoms with van der Waals surface area (Å²) in [7, 11) is 0. The van der Waals surface area contributed by atoms with Crippen molar-refractivity contribution in [1.82, 2.24) is 4.90 Å². The number of halogens is 1. The van der Waals surface area contributed by atoms with E-state index in [1.54, 1.807) is 0 Å². The van der Waals surface area contributed by atoms with Gasteiger partial charge in [0.1, 0.15) is 5.38 Å². The van der Waals surface area contributed by atoms with Crippen molar-refractivity contribution in [2.75, 3.05) is 13.1 Å². The Morgan fingerprint density at radius 3 is 2.47 bits per heavy atom. The number of hydrogen-bond donors (Lipinski definition) is 1. The molecule has 0 aromatic rings. The van der Waals surface area contributed by atoms with Crippen molar-refractivity contribution >= 4 is 17.5 Å². The number of alkyl halides is 1. The first kappa shape index (κ1) is 12.8. The molecule has 0 radical (unpaired) electrons. The smallest absolute Gasteiger partial charge is 0.240 e. The number of aliphatic hydroxyl groups excluding tert-OH is 1. The zero-order valence-corrected chi connectivity index (χ0v) is 10.2. The van der Waals surface area contributed by atoms with Gasteiger partial charge in [0.15, 0.2) is 0 Å². The van der Waals surface area contributed by atoms with Crippen LogP contribution >= 0.6 is 11.6 Å². The van der Waals surface area contributed by atoms with Crippen molar-refractivity contribution in [3.63, 3.8) is 0 Å². The fourth-order valence-electron chi connectivity index (χ4n) is 1.97. The Morgan fingerprint density at radius 2 is 2.07 bits per heavy atom. The molecule has 4 heteroatoms. The number of hydrogen-bond acceptors (Lipinski definition) is 2. The maximum atomic E-state index is 11.7. The van der Waals surface area contributed by atoms with Crippen molar-refractivity contribution in [1.29, 1.82) is 0 Å². The Hall–Kier alpha value is -0.280. The number of nitrogens with zero attached hydrogens (tertiary/aromatic N) is 1. The molecule has 0 bridgehead atoms. The van der Waals surface area contributed by atoms with Crippen LogP contribution in [0.1, 0.15) is 33.1 Å². The molecule has 0 unspecified atom stereocenters. The molecule has 0 aromatic heterocycles. The third kappa shape index (κ3) is 3.35. The molecule has 0 aromatic carbocycles. The van der Waals surface area contributed by atoms with E-state index in [1.165, 1.54) is 0 Å². The van der Waals surface area contributed by atoms with E-state index >= 15 is 0 Å². The van der Waals surface area contributed by atoms with Crippen molar-refractivity contribution in [2.24, 2.45) is 5.92 Å². The second kappa shape index (κ2) is 5.71. The highest BCUT2D eigenvalue weighted by molar-refractivity contribution is 6.30. The summed E-state index contributed by atoms with van der Waals surface area (Å²) < 4.78 is 0. The van der Waals surface area contributed by atoms with E-state index in [9.17, 15) is 9.90 Å². The van der Waals surface area contributed by atoms with Gasteiger partial charge in [-0.1, -0.05) is 6.92 Å². The van der Waals surface area contributed by atoms with Gasteiger partial charge in [-0.15, -0.1) is 11.6 Å². The van der Waals surface area contributed by atoms with Gasteiger partial charge in [0.05, 0.1) is 6.10 Å².